The molecule has 3 aromatic rings. The van der Waals surface area contributed by atoms with Crippen LogP contribution >= 0.6 is 11.6 Å². The van der Waals surface area contributed by atoms with E-state index in [4.69, 9.17) is 11.6 Å². The van der Waals surface area contributed by atoms with E-state index in [0.29, 0.717) is 23.7 Å². The second-order valence-electron chi connectivity index (χ2n) is 6.43. The average Bonchev–Trinajstić information content (AvgIpc) is 3.05. The summed E-state index contributed by atoms with van der Waals surface area (Å²) < 4.78 is 1.60. The standard InChI is InChI=1S/C19H18ClN5O2/c1-12(26)21-16-4-3-5-18-15(16)8-9-25(23(18)2)19(27)17-10-14-7-6-13(20)11-24(14)22-17/h3-7,10-11H,8-9H2,1-2H3,(H,21,26). The maximum absolute atomic E-state index is 13.0. The number of hydrazine groups is 1. The summed E-state index contributed by atoms with van der Waals surface area (Å²) in [5.74, 6) is -0.305. The van der Waals surface area contributed by atoms with E-state index in [1.807, 2.05) is 36.3 Å². The van der Waals surface area contributed by atoms with Crippen LogP contribution in [0.3, 0.4) is 0 Å². The first-order valence-corrected chi connectivity index (χ1v) is 8.92. The Labute approximate surface area is 161 Å². The number of anilines is 2. The lowest BCUT2D eigenvalue weighted by Gasteiger charge is -2.39. The van der Waals surface area contributed by atoms with Crippen LogP contribution in [0.1, 0.15) is 23.0 Å². The number of benzene rings is 1. The number of amides is 2. The largest absolute Gasteiger partial charge is 0.326 e. The number of hydrogen-bond acceptors (Lipinski definition) is 4. The fourth-order valence-corrected chi connectivity index (χ4v) is 3.54. The van der Waals surface area contributed by atoms with Crippen LogP contribution in [0.5, 0.6) is 0 Å². The predicted octanol–water partition coefficient (Wildman–Crippen LogP) is 3.00. The third kappa shape index (κ3) is 3.10. The Hall–Kier alpha value is -3.06. The fraction of sp³-hybridized carbons (Fsp3) is 0.211. The van der Waals surface area contributed by atoms with Gasteiger partial charge >= 0.3 is 0 Å². The molecule has 0 atom stereocenters. The summed E-state index contributed by atoms with van der Waals surface area (Å²) in [6.45, 7) is 1.98. The normalized spacial score (nSPS) is 13.6. The molecule has 0 saturated heterocycles. The lowest BCUT2D eigenvalue weighted by atomic mass is 10.0. The maximum Gasteiger partial charge on any atom is 0.292 e. The fourth-order valence-electron chi connectivity index (χ4n) is 3.38. The van der Waals surface area contributed by atoms with E-state index >= 15 is 0 Å². The molecule has 0 bridgehead atoms. The molecule has 0 radical (unpaired) electrons. The van der Waals surface area contributed by atoms with Gasteiger partial charge in [-0.15, -0.1) is 0 Å². The van der Waals surface area contributed by atoms with Crippen LogP contribution in [0.4, 0.5) is 11.4 Å². The molecular formula is C19H18ClN5O2. The number of nitrogens with zero attached hydrogens (tertiary/aromatic N) is 4. The maximum atomic E-state index is 13.0. The molecule has 2 amide bonds. The van der Waals surface area contributed by atoms with Crippen LogP contribution in [-0.4, -0.2) is 40.0 Å². The van der Waals surface area contributed by atoms with Gasteiger partial charge in [0.25, 0.3) is 5.91 Å². The highest BCUT2D eigenvalue weighted by molar-refractivity contribution is 6.30. The SMILES string of the molecule is CC(=O)Nc1cccc2c1CCN(C(=O)c1cc3ccc(Cl)cn3n1)N2C. The molecule has 1 aliphatic rings. The van der Waals surface area contributed by atoms with Crippen molar-refractivity contribution < 1.29 is 9.59 Å². The van der Waals surface area contributed by atoms with Crippen molar-refractivity contribution in [2.75, 3.05) is 23.9 Å². The molecule has 0 aliphatic carbocycles. The highest BCUT2D eigenvalue weighted by Crippen LogP contribution is 2.32. The van der Waals surface area contributed by atoms with Crippen molar-refractivity contribution >= 4 is 40.3 Å². The van der Waals surface area contributed by atoms with E-state index in [9.17, 15) is 9.59 Å². The van der Waals surface area contributed by atoms with Gasteiger partial charge in [-0.2, -0.15) is 5.10 Å². The van der Waals surface area contributed by atoms with Crippen molar-refractivity contribution in [1.29, 1.82) is 0 Å². The Balaban J connectivity index is 1.65. The van der Waals surface area contributed by atoms with Gasteiger partial charge in [0.1, 0.15) is 0 Å². The number of hydrogen-bond donors (Lipinski definition) is 1. The van der Waals surface area contributed by atoms with Gasteiger partial charge in [-0.25, -0.2) is 9.52 Å². The summed E-state index contributed by atoms with van der Waals surface area (Å²) in [7, 11) is 1.83. The molecule has 0 spiro atoms. The highest BCUT2D eigenvalue weighted by atomic mass is 35.5. The van der Waals surface area contributed by atoms with E-state index in [2.05, 4.69) is 10.4 Å². The first-order chi connectivity index (χ1) is 12.9. The van der Waals surface area contributed by atoms with Gasteiger partial charge in [-0.3, -0.25) is 14.6 Å². The second-order valence-corrected chi connectivity index (χ2v) is 6.87. The van der Waals surface area contributed by atoms with Gasteiger partial charge in [0.15, 0.2) is 5.69 Å². The number of pyridine rings is 1. The second kappa shape index (κ2) is 6.59. The molecule has 8 heteroatoms. The van der Waals surface area contributed by atoms with Crippen LogP contribution in [0, 0.1) is 0 Å². The first kappa shape index (κ1) is 17.4. The summed E-state index contributed by atoms with van der Waals surface area (Å²) in [5, 5.41) is 11.2. The van der Waals surface area contributed by atoms with Gasteiger partial charge in [0.2, 0.25) is 5.91 Å². The monoisotopic (exact) mass is 383 g/mol. The molecule has 2 aromatic heterocycles. The van der Waals surface area contributed by atoms with E-state index in [0.717, 1.165) is 22.5 Å². The molecule has 3 heterocycles. The van der Waals surface area contributed by atoms with E-state index < -0.39 is 0 Å². The average molecular weight is 384 g/mol. The smallest absolute Gasteiger partial charge is 0.292 e. The molecule has 0 saturated carbocycles. The number of rotatable bonds is 2. The zero-order chi connectivity index (χ0) is 19.1. The van der Waals surface area contributed by atoms with Crippen molar-refractivity contribution in [3.63, 3.8) is 0 Å². The molecule has 0 fully saturated rings. The minimum absolute atomic E-state index is 0.118. The van der Waals surface area contributed by atoms with Gasteiger partial charge in [0, 0.05) is 38.0 Å². The lowest BCUT2D eigenvalue weighted by molar-refractivity contribution is -0.114. The Morgan fingerprint density at radius 1 is 1.22 bits per heavy atom. The Morgan fingerprint density at radius 3 is 2.81 bits per heavy atom. The number of halogens is 1. The van der Waals surface area contributed by atoms with E-state index in [1.54, 1.807) is 27.9 Å². The summed E-state index contributed by atoms with van der Waals surface area (Å²) in [6, 6.07) is 11.0. The Bertz CT molecular complexity index is 1060. The van der Waals surface area contributed by atoms with Gasteiger partial charge in [0.05, 0.1) is 16.2 Å². The first-order valence-electron chi connectivity index (χ1n) is 8.54. The molecule has 1 aliphatic heterocycles. The third-order valence-corrected chi connectivity index (χ3v) is 4.85. The van der Waals surface area contributed by atoms with Crippen molar-refractivity contribution in [3.05, 3.63) is 58.9 Å². The number of fused-ring (bicyclic) bond motifs is 2. The zero-order valence-corrected chi connectivity index (χ0v) is 15.7. The molecular weight excluding hydrogens is 366 g/mol. The number of nitrogens with one attached hydrogen (secondary N) is 1. The van der Waals surface area contributed by atoms with Gasteiger partial charge < -0.3 is 5.32 Å². The molecule has 7 nitrogen and oxygen atoms in total. The van der Waals surface area contributed by atoms with Crippen molar-refractivity contribution in [2.24, 2.45) is 0 Å². The van der Waals surface area contributed by atoms with Crippen LogP contribution in [0.15, 0.2) is 42.6 Å². The molecule has 138 valence electrons. The van der Waals surface area contributed by atoms with Crippen LogP contribution in [0.25, 0.3) is 5.52 Å². The van der Waals surface area contributed by atoms with Crippen LogP contribution in [-0.2, 0) is 11.2 Å². The quantitative estimate of drug-likeness (QED) is 0.738. The van der Waals surface area contributed by atoms with Crippen molar-refractivity contribution in [2.45, 2.75) is 13.3 Å². The van der Waals surface area contributed by atoms with E-state index in [-0.39, 0.29) is 11.8 Å². The van der Waals surface area contributed by atoms with Crippen molar-refractivity contribution in [3.8, 4) is 0 Å². The number of carbonyl (C=O) groups excluding carboxylic acids is 2. The van der Waals surface area contributed by atoms with E-state index in [1.165, 1.54) is 6.92 Å². The topological polar surface area (TPSA) is 70.0 Å². The molecule has 0 unspecified atom stereocenters. The van der Waals surface area contributed by atoms with Crippen LogP contribution < -0.4 is 10.3 Å². The predicted molar refractivity (Wildman–Crippen MR) is 104 cm³/mol. The van der Waals surface area contributed by atoms with Crippen molar-refractivity contribution in [1.82, 2.24) is 14.6 Å². The lowest BCUT2D eigenvalue weighted by Crippen LogP contribution is -2.48. The molecule has 1 N–H and O–H groups in total. The summed E-state index contributed by atoms with van der Waals surface area (Å²) in [5.41, 5.74) is 3.83. The number of aromatic nitrogens is 2. The third-order valence-electron chi connectivity index (χ3n) is 4.62. The highest BCUT2D eigenvalue weighted by Gasteiger charge is 2.29. The summed E-state index contributed by atoms with van der Waals surface area (Å²) >= 11 is 5.99. The Morgan fingerprint density at radius 2 is 2.04 bits per heavy atom. The van der Waals surface area contributed by atoms with Gasteiger partial charge in [-0.05, 0) is 36.8 Å². The Kier molecular flexibility index (Phi) is 4.24. The number of carbonyl (C=O) groups is 2. The minimum atomic E-state index is -0.187. The van der Waals surface area contributed by atoms with Crippen LogP contribution in [0.2, 0.25) is 5.02 Å². The van der Waals surface area contributed by atoms with Gasteiger partial charge in [-0.1, -0.05) is 17.7 Å². The zero-order valence-electron chi connectivity index (χ0n) is 14.9. The minimum Gasteiger partial charge on any atom is -0.326 e. The molecule has 1 aromatic carbocycles. The molecule has 4 rings (SSSR count). The summed E-state index contributed by atoms with van der Waals surface area (Å²) in [6.07, 6.45) is 2.31. The summed E-state index contributed by atoms with van der Waals surface area (Å²) in [4.78, 5) is 24.5. The molecule has 27 heavy (non-hydrogen) atoms.